The number of hydrogen-bond acceptors (Lipinski definition) is 2. The van der Waals surface area contributed by atoms with Gasteiger partial charge in [-0.3, -0.25) is 4.98 Å². The summed E-state index contributed by atoms with van der Waals surface area (Å²) in [6.07, 6.45) is -2.45. The first-order chi connectivity index (χ1) is 9.46. The van der Waals surface area contributed by atoms with Gasteiger partial charge in [0.25, 0.3) is 0 Å². The molecule has 1 aromatic carbocycles. The van der Waals surface area contributed by atoms with Gasteiger partial charge in [0.05, 0.1) is 5.52 Å². The Labute approximate surface area is 116 Å². The summed E-state index contributed by atoms with van der Waals surface area (Å²) in [5.41, 5.74) is 1.79. The Balaban J connectivity index is 1.98. The first kappa shape index (κ1) is 14.6. The summed E-state index contributed by atoms with van der Waals surface area (Å²) in [7, 11) is 0. The van der Waals surface area contributed by atoms with Crippen LogP contribution in [0.1, 0.15) is 26.2 Å². The van der Waals surface area contributed by atoms with Gasteiger partial charge in [0.15, 0.2) is 0 Å². The highest BCUT2D eigenvalue weighted by Gasteiger charge is 2.26. The molecule has 1 unspecified atom stereocenters. The molecule has 0 fully saturated rings. The molecule has 1 heterocycles. The van der Waals surface area contributed by atoms with Crippen LogP contribution in [0.3, 0.4) is 0 Å². The Morgan fingerprint density at radius 3 is 2.75 bits per heavy atom. The van der Waals surface area contributed by atoms with E-state index in [1.54, 1.807) is 6.20 Å². The average Bonchev–Trinajstić information content (AvgIpc) is 2.37. The minimum atomic E-state index is -4.07. The van der Waals surface area contributed by atoms with E-state index in [2.05, 4.69) is 10.3 Å². The summed E-state index contributed by atoms with van der Waals surface area (Å²) in [6, 6.07) is 9.51. The van der Waals surface area contributed by atoms with Crippen molar-refractivity contribution in [1.29, 1.82) is 0 Å². The Hall–Kier alpha value is -1.78. The molecule has 0 saturated heterocycles. The van der Waals surface area contributed by atoms with Gasteiger partial charge in [-0.15, -0.1) is 0 Å². The zero-order chi connectivity index (χ0) is 14.6. The van der Waals surface area contributed by atoms with Gasteiger partial charge in [0, 0.05) is 29.7 Å². The maximum absolute atomic E-state index is 12.1. The number of alkyl halides is 3. The lowest BCUT2D eigenvalue weighted by Gasteiger charge is -2.17. The molecule has 0 amide bonds. The number of anilines is 1. The molecule has 2 aromatic rings. The third-order valence-electron chi connectivity index (χ3n) is 3.14. The Morgan fingerprint density at radius 1 is 1.20 bits per heavy atom. The van der Waals surface area contributed by atoms with Crippen molar-refractivity contribution in [2.45, 2.75) is 38.4 Å². The van der Waals surface area contributed by atoms with Crippen LogP contribution in [0.15, 0.2) is 36.5 Å². The standard InChI is InChI=1S/C15H17F3N2/c1-11(5-3-9-15(16,17)18)20-14-8-2-7-13-12(14)6-4-10-19-13/h2,4,6-8,10-11,20H,3,5,9H2,1H3. The van der Waals surface area contributed by atoms with E-state index in [-0.39, 0.29) is 12.5 Å². The van der Waals surface area contributed by atoms with E-state index < -0.39 is 12.6 Å². The average molecular weight is 282 g/mol. The lowest BCUT2D eigenvalue weighted by molar-refractivity contribution is -0.135. The number of aromatic nitrogens is 1. The maximum atomic E-state index is 12.1. The molecule has 0 aliphatic heterocycles. The van der Waals surface area contributed by atoms with E-state index in [1.165, 1.54) is 0 Å². The minimum Gasteiger partial charge on any atom is -0.382 e. The molecule has 0 bridgehead atoms. The molecule has 0 spiro atoms. The predicted molar refractivity (Wildman–Crippen MR) is 74.7 cm³/mol. The number of nitrogens with one attached hydrogen (secondary N) is 1. The van der Waals surface area contributed by atoms with Crippen molar-refractivity contribution in [3.8, 4) is 0 Å². The van der Waals surface area contributed by atoms with E-state index in [9.17, 15) is 13.2 Å². The largest absolute Gasteiger partial charge is 0.389 e. The molecule has 0 saturated carbocycles. The van der Waals surface area contributed by atoms with Crippen LogP contribution in [-0.2, 0) is 0 Å². The van der Waals surface area contributed by atoms with Gasteiger partial charge in [-0.05, 0) is 44.0 Å². The summed E-state index contributed by atoms with van der Waals surface area (Å²) in [4.78, 5) is 4.25. The number of pyridine rings is 1. The first-order valence-electron chi connectivity index (χ1n) is 6.63. The van der Waals surface area contributed by atoms with Crippen LogP contribution in [-0.4, -0.2) is 17.2 Å². The van der Waals surface area contributed by atoms with Crippen LogP contribution in [0.2, 0.25) is 0 Å². The maximum Gasteiger partial charge on any atom is 0.389 e. The highest BCUT2D eigenvalue weighted by molar-refractivity contribution is 5.91. The third kappa shape index (κ3) is 4.11. The van der Waals surface area contributed by atoms with E-state index in [0.717, 1.165) is 16.6 Å². The van der Waals surface area contributed by atoms with Gasteiger partial charge >= 0.3 is 6.18 Å². The first-order valence-corrected chi connectivity index (χ1v) is 6.63. The molecular formula is C15H17F3N2. The van der Waals surface area contributed by atoms with Crippen LogP contribution in [0.25, 0.3) is 10.9 Å². The Morgan fingerprint density at radius 2 is 2.00 bits per heavy atom. The normalized spacial score (nSPS) is 13.4. The van der Waals surface area contributed by atoms with Gasteiger partial charge in [0.1, 0.15) is 0 Å². The van der Waals surface area contributed by atoms with Crippen LogP contribution < -0.4 is 5.32 Å². The molecule has 5 heteroatoms. The van der Waals surface area contributed by atoms with Crippen LogP contribution in [0.4, 0.5) is 18.9 Å². The van der Waals surface area contributed by atoms with Crippen molar-refractivity contribution >= 4 is 16.6 Å². The second kappa shape index (κ2) is 6.11. The fraction of sp³-hybridized carbons (Fsp3) is 0.400. The van der Waals surface area contributed by atoms with Crippen molar-refractivity contribution in [3.05, 3.63) is 36.5 Å². The van der Waals surface area contributed by atoms with Gasteiger partial charge < -0.3 is 5.32 Å². The monoisotopic (exact) mass is 282 g/mol. The summed E-state index contributed by atoms with van der Waals surface area (Å²) >= 11 is 0. The Kier molecular flexibility index (Phi) is 4.47. The molecule has 1 N–H and O–H groups in total. The number of nitrogens with zero attached hydrogens (tertiary/aromatic N) is 1. The molecule has 2 nitrogen and oxygen atoms in total. The number of hydrogen-bond donors (Lipinski definition) is 1. The van der Waals surface area contributed by atoms with Crippen molar-refractivity contribution in [3.63, 3.8) is 0 Å². The van der Waals surface area contributed by atoms with Crippen molar-refractivity contribution in [1.82, 2.24) is 4.98 Å². The van der Waals surface area contributed by atoms with Gasteiger partial charge in [-0.2, -0.15) is 13.2 Å². The number of fused-ring (bicyclic) bond motifs is 1. The van der Waals surface area contributed by atoms with E-state index in [4.69, 9.17) is 0 Å². The van der Waals surface area contributed by atoms with Crippen LogP contribution in [0.5, 0.6) is 0 Å². The minimum absolute atomic E-state index is 0.0110. The van der Waals surface area contributed by atoms with Crippen LogP contribution >= 0.6 is 0 Å². The lowest BCUT2D eigenvalue weighted by Crippen LogP contribution is -2.17. The molecule has 0 radical (unpaired) electrons. The van der Waals surface area contributed by atoms with Gasteiger partial charge in [0.2, 0.25) is 0 Å². The van der Waals surface area contributed by atoms with E-state index in [0.29, 0.717) is 6.42 Å². The van der Waals surface area contributed by atoms with Crippen molar-refractivity contribution < 1.29 is 13.2 Å². The summed E-state index contributed by atoms with van der Waals surface area (Å²) in [5.74, 6) is 0. The number of rotatable bonds is 5. The Bertz CT molecular complexity index is 561. The molecule has 0 aliphatic carbocycles. The second-order valence-electron chi connectivity index (χ2n) is 4.93. The summed E-state index contributed by atoms with van der Waals surface area (Å²) in [5, 5.41) is 4.25. The number of benzene rings is 1. The smallest absolute Gasteiger partial charge is 0.382 e. The molecule has 2 rings (SSSR count). The lowest BCUT2D eigenvalue weighted by atomic mass is 10.1. The highest BCUT2D eigenvalue weighted by Crippen LogP contribution is 2.25. The topological polar surface area (TPSA) is 24.9 Å². The zero-order valence-electron chi connectivity index (χ0n) is 11.2. The zero-order valence-corrected chi connectivity index (χ0v) is 11.2. The quantitative estimate of drug-likeness (QED) is 0.854. The number of halogens is 3. The van der Waals surface area contributed by atoms with Gasteiger partial charge in [-0.25, -0.2) is 0 Å². The third-order valence-corrected chi connectivity index (χ3v) is 3.14. The predicted octanol–water partition coefficient (Wildman–Crippen LogP) is 4.77. The fourth-order valence-corrected chi connectivity index (χ4v) is 2.18. The summed E-state index contributed by atoms with van der Waals surface area (Å²) < 4.78 is 36.3. The van der Waals surface area contributed by atoms with Gasteiger partial charge in [-0.1, -0.05) is 6.07 Å². The second-order valence-corrected chi connectivity index (χ2v) is 4.93. The van der Waals surface area contributed by atoms with Crippen molar-refractivity contribution in [2.75, 3.05) is 5.32 Å². The van der Waals surface area contributed by atoms with Crippen molar-refractivity contribution in [2.24, 2.45) is 0 Å². The van der Waals surface area contributed by atoms with E-state index >= 15 is 0 Å². The molecule has 108 valence electrons. The highest BCUT2D eigenvalue weighted by atomic mass is 19.4. The molecule has 0 aliphatic rings. The molecular weight excluding hydrogens is 265 g/mol. The molecule has 1 aromatic heterocycles. The summed E-state index contributed by atoms with van der Waals surface area (Å²) in [6.45, 7) is 1.89. The SMILES string of the molecule is CC(CCCC(F)(F)F)Nc1cccc2ncccc12. The van der Waals surface area contributed by atoms with E-state index in [1.807, 2.05) is 37.3 Å². The fourth-order valence-electron chi connectivity index (χ4n) is 2.18. The molecule has 20 heavy (non-hydrogen) atoms. The van der Waals surface area contributed by atoms with Crippen LogP contribution in [0, 0.1) is 0 Å². The molecule has 1 atom stereocenters.